The third-order valence-electron chi connectivity index (χ3n) is 3.24. The molecule has 22 heavy (non-hydrogen) atoms. The van der Waals surface area contributed by atoms with E-state index in [1.165, 1.54) is 6.07 Å². The van der Waals surface area contributed by atoms with E-state index in [1.54, 1.807) is 23.5 Å². The van der Waals surface area contributed by atoms with E-state index in [1.807, 2.05) is 36.5 Å². The van der Waals surface area contributed by atoms with Crippen molar-refractivity contribution < 1.29 is 4.39 Å². The van der Waals surface area contributed by atoms with Crippen LogP contribution >= 0.6 is 22.9 Å². The smallest absolute Gasteiger partial charge is 0.127 e. The average molecular weight is 333 g/mol. The summed E-state index contributed by atoms with van der Waals surface area (Å²) in [7, 11) is 0. The van der Waals surface area contributed by atoms with Crippen LogP contribution in [-0.2, 0) is 13.1 Å². The third kappa shape index (κ3) is 3.53. The summed E-state index contributed by atoms with van der Waals surface area (Å²) in [5, 5.41) is 4.88. The normalized spacial score (nSPS) is 10.8. The summed E-state index contributed by atoms with van der Waals surface area (Å²) in [6, 6.07) is 14.5. The first-order chi connectivity index (χ1) is 10.7. The molecule has 2 nitrogen and oxygen atoms in total. The Hall–Kier alpha value is -1.75. The van der Waals surface area contributed by atoms with Gasteiger partial charge in [0, 0.05) is 35.4 Å². The second kappa shape index (κ2) is 7.01. The van der Waals surface area contributed by atoms with Crippen LogP contribution in [0.5, 0.6) is 0 Å². The van der Waals surface area contributed by atoms with E-state index >= 15 is 0 Å². The van der Waals surface area contributed by atoms with E-state index in [0.717, 1.165) is 20.5 Å². The van der Waals surface area contributed by atoms with Crippen LogP contribution in [0.2, 0.25) is 5.02 Å². The van der Waals surface area contributed by atoms with Crippen molar-refractivity contribution in [3.05, 3.63) is 76.1 Å². The minimum Gasteiger partial charge on any atom is -0.306 e. The molecule has 5 heteroatoms. The van der Waals surface area contributed by atoms with Gasteiger partial charge in [-0.2, -0.15) is 0 Å². The molecule has 0 spiro atoms. The number of rotatable bonds is 5. The van der Waals surface area contributed by atoms with Crippen LogP contribution in [0.4, 0.5) is 4.39 Å². The summed E-state index contributed by atoms with van der Waals surface area (Å²) in [5.41, 5.74) is 1.65. The maximum Gasteiger partial charge on any atom is 0.127 e. The van der Waals surface area contributed by atoms with Crippen LogP contribution in [0, 0.1) is 5.82 Å². The van der Waals surface area contributed by atoms with Gasteiger partial charge in [0.25, 0.3) is 0 Å². The van der Waals surface area contributed by atoms with Crippen molar-refractivity contribution in [2.75, 3.05) is 0 Å². The lowest BCUT2D eigenvalue weighted by molar-refractivity contribution is 0.587. The van der Waals surface area contributed by atoms with Crippen molar-refractivity contribution >= 4 is 22.9 Å². The Balaban J connectivity index is 1.63. The molecule has 0 atom stereocenters. The van der Waals surface area contributed by atoms with Crippen molar-refractivity contribution in [1.82, 2.24) is 10.3 Å². The number of nitrogens with one attached hydrogen (secondary N) is 1. The van der Waals surface area contributed by atoms with E-state index in [-0.39, 0.29) is 5.82 Å². The molecule has 0 bridgehead atoms. The summed E-state index contributed by atoms with van der Waals surface area (Å²) < 4.78 is 13.5. The molecule has 0 unspecified atom stereocenters. The molecule has 1 heterocycles. The molecule has 2 aromatic carbocycles. The summed E-state index contributed by atoms with van der Waals surface area (Å²) in [6.45, 7) is 1.08. The molecule has 3 rings (SSSR count). The Kier molecular flexibility index (Phi) is 4.83. The Bertz CT molecular complexity index is 773. The maximum atomic E-state index is 13.5. The number of aromatic nitrogens is 1. The van der Waals surface area contributed by atoms with E-state index < -0.39 is 0 Å². The second-order valence-corrected chi connectivity index (χ2v) is 6.32. The first-order valence-corrected chi connectivity index (χ1v) is 8.07. The highest BCUT2D eigenvalue weighted by molar-refractivity contribution is 7.15. The van der Waals surface area contributed by atoms with Gasteiger partial charge in [-0.15, -0.1) is 11.3 Å². The molecule has 0 aliphatic rings. The summed E-state index contributed by atoms with van der Waals surface area (Å²) in [4.78, 5) is 5.43. The highest BCUT2D eigenvalue weighted by atomic mass is 35.5. The monoisotopic (exact) mass is 332 g/mol. The first kappa shape index (κ1) is 15.2. The lowest BCUT2D eigenvalue weighted by Gasteiger charge is -2.04. The van der Waals surface area contributed by atoms with E-state index in [0.29, 0.717) is 18.7 Å². The molecule has 1 aromatic heterocycles. The molecule has 3 aromatic rings. The minimum atomic E-state index is -0.189. The fraction of sp³-hybridized carbons (Fsp3) is 0.118. The van der Waals surface area contributed by atoms with Gasteiger partial charge in [-0.25, -0.2) is 9.37 Å². The SMILES string of the molecule is Fc1ccccc1CNCc1ncc(-c2ccccc2Cl)s1. The van der Waals surface area contributed by atoms with Crippen molar-refractivity contribution in [1.29, 1.82) is 0 Å². The molecule has 1 N–H and O–H groups in total. The Morgan fingerprint density at radius 1 is 1.05 bits per heavy atom. The second-order valence-electron chi connectivity index (χ2n) is 4.79. The zero-order valence-corrected chi connectivity index (χ0v) is 13.3. The molecule has 112 valence electrons. The Labute approximate surface area is 137 Å². The van der Waals surface area contributed by atoms with Gasteiger partial charge in [0.1, 0.15) is 10.8 Å². The molecule has 0 aliphatic carbocycles. The van der Waals surface area contributed by atoms with Gasteiger partial charge in [0.2, 0.25) is 0 Å². The molecule has 0 aliphatic heterocycles. The fourth-order valence-corrected chi connectivity index (χ4v) is 3.34. The number of benzene rings is 2. The van der Waals surface area contributed by atoms with Crippen LogP contribution in [0.25, 0.3) is 10.4 Å². The molecule has 0 radical (unpaired) electrons. The van der Waals surface area contributed by atoms with Gasteiger partial charge < -0.3 is 5.32 Å². The van der Waals surface area contributed by atoms with Gasteiger partial charge in [-0.05, 0) is 12.1 Å². The molecular weight excluding hydrogens is 319 g/mol. The summed E-state index contributed by atoms with van der Waals surface area (Å²) >= 11 is 7.78. The largest absolute Gasteiger partial charge is 0.306 e. The molecule has 0 amide bonds. The number of hydrogen-bond acceptors (Lipinski definition) is 3. The lowest BCUT2D eigenvalue weighted by atomic mass is 10.2. The lowest BCUT2D eigenvalue weighted by Crippen LogP contribution is -2.13. The van der Waals surface area contributed by atoms with Crippen molar-refractivity contribution in [2.24, 2.45) is 0 Å². The quantitative estimate of drug-likeness (QED) is 0.719. The molecule has 0 fully saturated rings. The predicted octanol–water partition coefficient (Wildman–Crippen LogP) is 4.89. The Morgan fingerprint density at radius 3 is 2.64 bits per heavy atom. The van der Waals surface area contributed by atoms with Crippen molar-refractivity contribution in [3.63, 3.8) is 0 Å². The predicted molar refractivity (Wildman–Crippen MR) is 89.5 cm³/mol. The van der Waals surface area contributed by atoms with E-state index in [2.05, 4.69) is 10.3 Å². The van der Waals surface area contributed by atoms with Crippen LogP contribution in [-0.4, -0.2) is 4.98 Å². The third-order valence-corrected chi connectivity index (χ3v) is 4.60. The van der Waals surface area contributed by atoms with Crippen LogP contribution in [0.15, 0.2) is 54.7 Å². The Morgan fingerprint density at radius 2 is 1.82 bits per heavy atom. The number of hydrogen-bond donors (Lipinski definition) is 1. The van der Waals surface area contributed by atoms with Crippen molar-refractivity contribution in [3.8, 4) is 10.4 Å². The van der Waals surface area contributed by atoms with Gasteiger partial charge in [-0.3, -0.25) is 0 Å². The number of thiazole rings is 1. The minimum absolute atomic E-state index is 0.189. The van der Waals surface area contributed by atoms with Gasteiger partial charge in [0.05, 0.1) is 4.88 Å². The van der Waals surface area contributed by atoms with E-state index in [9.17, 15) is 4.39 Å². The first-order valence-electron chi connectivity index (χ1n) is 6.88. The van der Waals surface area contributed by atoms with Gasteiger partial charge in [0.15, 0.2) is 0 Å². The van der Waals surface area contributed by atoms with Gasteiger partial charge >= 0.3 is 0 Å². The van der Waals surface area contributed by atoms with Crippen molar-refractivity contribution in [2.45, 2.75) is 13.1 Å². The van der Waals surface area contributed by atoms with E-state index in [4.69, 9.17) is 11.6 Å². The zero-order chi connectivity index (χ0) is 15.4. The number of halogens is 2. The fourth-order valence-electron chi connectivity index (χ4n) is 2.12. The molecular formula is C17H14ClFN2S. The zero-order valence-electron chi connectivity index (χ0n) is 11.7. The molecule has 0 saturated heterocycles. The van der Waals surface area contributed by atoms with Crippen LogP contribution in [0.3, 0.4) is 0 Å². The van der Waals surface area contributed by atoms with Gasteiger partial charge in [-0.1, -0.05) is 48.0 Å². The summed E-state index contributed by atoms with van der Waals surface area (Å²) in [6.07, 6.45) is 1.83. The highest BCUT2D eigenvalue weighted by Crippen LogP contribution is 2.31. The highest BCUT2D eigenvalue weighted by Gasteiger charge is 2.08. The topological polar surface area (TPSA) is 24.9 Å². The molecule has 0 saturated carbocycles. The standard InChI is InChI=1S/C17H14ClFN2S/c18-14-7-3-2-6-13(14)16-10-21-17(22-16)11-20-9-12-5-1-4-8-15(12)19/h1-8,10,20H,9,11H2. The van der Waals surface area contributed by atoms with Crippen LogP contribution in [0.1, 0.15) is 10.6 Å². The average Bonchev–Trinajstić information content (AvgIpc) is 2.98. The summed E-state index contributed by atoms with van der Waals surface area (Å²) in [5.74, 6) is -0.189. The maximum absolute atomic E-state index is 13.5. The van der Waals surface area contributed by atoms with Crippen LogP contribution < -0.4 is 5.32 Å². The number of nitrogens with zero attached hydrogens (tertiary/aromatic N) is 1.